The van der Waals surface area contributed by atoms with E-state index in [9.17, 15) is 9.59 Å². The van der Waals surface area contributed by atoms with Crippen molar-refractivity contribution >= 4 is 11.7 Å². The molecule has 0 aliphatic rings. The topological polar surface area (TPSA) is 46.2 Å². The van der Waals surface area contributed by atoms with Crippen molar-refractivity contribution in [1.82, 2.24) is 5.32 Å². The van der Waals surface area contributed by atoms with Gasteiger partial charge in [-0.05, 0) is 31.9 Å². The number of benzene rings is 1. The van der Waals surface area contributed by atoms with Crippen LogP contribution in [0.3, 0.4) is 0 Å². The molecular weight excluding hydrogens is 250 g/mol. The standard InChI is InChI=1S/C17H21NO2/c1-4-15(5-2)17(20)18-12-6-7-14-8-10-16(11-9-14)13(3)19/h8-11,15H,4-5,12H2,1-3H3,(H,18,20). The Balaban J connectivity index is 2.50. The van der Waals surface area contributed by atoms with Crippen LogP contribution in [0.5, 0.6) is 0 Å². The van der Waals surface area contributed by atoms with Gasteiger partial charge in [-0.2, -0.15) is 0 Å². The molecule has 0 saturated heterocycles. The first-order valence-electron chi connectivity index (χ1n) is 6.96. The molecule has 1 aromatic rings. The third kappa shape index (κ3) is 4.89. The lowest BCUT2D eigenvalue weighted by molar-refractivity contribution is -0.124. The number of hydrogen-bond acceptors (Lipinski definition) is 2. The molecule has 0 fully saturated rings. The number of hydrogen-bond donors (Lipinski definition) is 1. The Morgan fingerprint density at radius 2 is 1.75 bits per heavy atom. The first kappa shape index (κ1) is 16.0. The van der Waals surface area contributed by atoms with E-state index in [-0.39, 0.29) is 17.6 Å². The van der Waals surface area contributed by atoms with E-state index >= 15 is 0 Å². The van der Waals surface area contributed by atoms with Crippen LogP contribution in [0, 0.1) is 17.8 Å². The van der Waals surface area contributed by atoms with Crippen LogP contribution >= 0.6 is 0 Å². The molecule has 0 aromatic heterocycles. The highest BCUT2D eigenvalue weighted by molar-refractivity contribution is 5.94. The van der Waals surface area contributed by atoms with Gasteiger partial charge in [-0.3, -0.25) is 9.59 Å². The van der Waals surface area contributed by atoms with Crippen molar-refractivity contribution in [3.63, 3.8) is 0 Å². The number of carbonyl (C=O) groups is 2. The van der Waals surface area contributed by atoms with Gasteiger partial charge in [0.1, 0.15) is 0 Å². The molecule has 1 aromatic carbocycles. The van der Waals surface area contributed by atoms with Gasteiger partial charge in [0, 0.05) is 17.0 Å². The molecule has 106 valence electrons. The Labute approximate surface area is 120 Å². The van der Waals surface area contributed by atoms with Crippen LogP contribution in [-0.2, 0) is 4.79 Å². The van der Waals surface area contributed by atoms with E-state index in [1.807, 2.05) is 26.0 Å². The van der Waals surface area contributed by atoms with Gasteiger partial charge in [-0.25, -0.2) is 0 Å². The number of carbonyl (C=O) groups excluding carboxylic acids is 2. The zero-order chi connectivity index (χ0) is 15.0. The van der Waals surface area contributed by atoms with Gasteiger partial charge < -0.3 is 5.32 Å². The van der Waals surface area contributed by atoms with Crippen LogP contribution in [-0.4, -0.2) is 18.2 Å². The smallest absolute Gasteiger partial charge is 0.223 e. The lowest BCUT2D eigenvalue weighted by Gasteiger charge is -2.10. The number of Topliss-reactive ketones (excluding diaryl/α,β-unsaturated/α-hetero) is 1. The minimum absolute atomic E-state index is 0.0435. The highest BCUT2D eigenvalue weighted by Crippen LogP contribution is 2.06. The first-order valence-corrected chi connectivity index (χ1v) is 6.96. The summed E-state index contributed by atoms with van der Waals surface area (Å²) in [6, 6.07) is 7.14. The second-order valence-corrected chi connectivity index (χ2v) is 4.67. The van der Waals surface area contributed by atoms with Crippen LogP contribution in [0.15, 0.2) is 24.3 Å². The minimum atomic E-state index is 0.0435. The van der Waals surface area contributed by atoms with Gasteiger partial charge in [-0.1, -0.05) is 37.8 Å². The third-order valence-electron chi connectivity index (χ3n) is 3.23. The van der Waals surface area contributed by atoms with E-state index in [2.05, 4.69) is 17.2 Å². The van der Waals surface area contributed by atoms with Crippen LogP contribution in [0.2, 0.25) is 0 Å². The van der Waals surface area contributed by atoms with E-state index in [1.165, 1.54) is 6.92 Å². The molecule has 0 spiro atoms. The van der Waals surface area contributed by atoms with Gasteiger partial charge in [0.2, 0.25) is 5.91 Å². The highest BCUT2D eigenvalue weighted by Gasteiger charge is 2.12. The predicted molar refractivity (Wildman–Crippen MR) is 80.4 cm³/mol. The highest BCUT2D eigenvalue weighted by atomic mass is 16.1. The fraction of sp³-hybridized carbons (Fsp3) is 0.412. The second-order valence-electron chi connectivity index (χ2n) is 4.67. The van der Waals surface area contributed by atoms with Crippen LogP contribution in [0.1, 0.15) is 49.5 Å². The van der Waals surface area contributed by atoms with Crippen molar-refractivity contribution in [2.75, 3.05) is 6.54 Å². The van der Waals surface area contributed by atoms with E-state index in [0.29, 0.717) is 12.1 Å². The summed E-state index contributed by atoms with van der Waals surface area (Å²) in [6.07, 6.45) is 1.70. The van der Waals surface area contributed by atoms with Crippen molar-refractivity contribution in [2.24, 2.45) is 5.92 Å². The van der Waals surface area contributed by atoms with Gasteiger partial charge in [0.05, 0.1) is 6.54 Å². The number of nitrogens with one attached hydrogen (secondary N) is 1. The monoisotopic (exact) mass is 271 g/mol. The van der Waals surface area contributed by atoms with Crippen molar-refractivity contribution < 1.29 is 9.59 Å². The molecule has 3 nitrogen and oxygen atoms in total. The molecule has 0 bridgehead atoms. The maximum absolute atomic E-state index is 11.7. The zero-order valence-electron chi connectivity index (χ0n) is 12.3. The fourth-order valence-electron chi connectivity index (χ4n) is 1.87. The summed E-state index contributed by atoms with van der Waals surface area (Å²) >= 11 is 0. The summed E-state index contributed by atoms with van der Waals surface area (Å²) in [4.78, 5) is 22.8. The molecular formula is C17H21NO2. The van der Waals surface area contributed by atoms with Crippen molar-refractivity contribution in [1.29, 1.82) is 0 Å². The predicted octanol–water partition coefficient (Wildman–Crippen LogP) is 2.79. The van der Waals surface area contributed by atoms with Crippen LogP contribution in [0.4, 0.5) is 0 Å². The zero-order valence-corrected chi connectivity index (χ0v) is 12.3. The quantitative estimate of drug-likeness (QED) is 0.661. The Morgan fingerprint density at radius 3 is 2.25 bits per heavy atom. The Kier molecular flexibility index (Phi) is 6.52. The van der Waals surface area contributed by atoms with Crippen molar-refractivity contribution in [3.8, 4) is 11.8 Å². The summed E-state index contributed by atoms with van der Waals surface area (Å²) in [7, 11) is 0. The Morgan fingerprint density at radius 1 is 1.15 bits per heavy atom. The molecule has 0 aliphatic carbocycles. The molecule has 0 saturated carbocycles. The lowest BCUT2D eigenvalue weighted by atomic mass is 10.0. The molecule has 1 rings (SSSR count). The summed E-state index contributed by atoms with van der Waals surface area (Å²) in [5.41, 5.74) is 1.52. The van der Waals surface area contributed by atoms with Crippen LogP contribution < -0.4 is 5.32 Å². The number of ketones is 1. The molecule has 1 amide bonds. The summed E-state index contributed by atoms with van der Waals surface area (Å²) in [6.45, 7) is 5.91. The maximum atomic E-state index is 11.7. The molecule has 0 aliphatic heterocycles. The summed E-state index contributed by atoms with van der Waals surface area (Å²) in [5, 5.41) is 2.82. The van der Waals surface area contributed by atoms with Gasteiger partial charge in [0.15, 0.2) is 5.78 Å². The normalized spacial score (nSPS) is 9.80. The fourth-order valence-corrected chi connectivity index (χ4v) is 1.87. The van der Waals surface area contributed by atoms with E-state index in [0.717, 1.165) is 18.4 Å². The third-order valence-corrected chi connectivity index (χ3v) is 3.23. The maximum Gasteiger partial charge on any atom is 0.223 e. The van der Waals surface area contributed by atoms with E-state index in [1.54, 1.807) is 12.1 Å². The molecule has 0 atom stereocenters. The van der Waals surface area contributed by atoms with Gasteiger partial charge in [0.25, 0.3) is 0 Å². The first-order chi connectivity index (χ1) is 9.58. The largest absolute Gasteiger partial charge is 0.345 e. The molecule has 0 radical (unpaired) electrons. The van der Waals surface area contributed by atoms with Crippen molar-refractivity contribution in [3.05, 3.63) is 35.4 Å². The SMILES string of the molecule is CCC(CC)C(=O)NCC#Cc1ccc(C(C)=O)cc1. The minimum Gasteiger partial charge on any atom is -0.345 e. The average molecular weight is 271 g/mol. The van der Waals surface area contributed by atoms with Gasteiger partial charge >= 0.3 is 0 Å². The molecule has 3 heteroatoms. The van der Waals surface area contributed by atoms with E-state index < -0.39 is 0 Å². The summed E-state index contributed by atoms with van der Waals surface area (Å²) in [5.74, 6) is 6.07. The second kappa shape index (κ2) is 8.16. The molecule has 0 unspecified atom stereocenters. The van der Waals surface area contributed by atoms with Crippen molar-refractivity contribution in [2.45, 2.75) is 33.6 Å². The Bertz CT molecular complexity index is 516. The number of rotatable bonds is 5. The molecule has 20 heavy (non-hydrogen) atoms. The van der Waals surface area contributed by atoms with Gasteiger partial charge in [-0.15, -0.1) is 0 Å². The van der Waals surface area contributed by atoms with E-state index in [4.69, 9.17) is 0 Å². The molecule has 1 N–H and O–H groups in total. The average Bonchev–Trinajstić information content (AvgIpc) is 2.45. The Hall–Kier alpha value is -2.08. The van der Waals surface area contributed by atoms with Crippen LogP contribution in [0.25, 0.3) is 0 Å². The lowest BCUT2D eigenvalue weighted by Crippen LogP contribution is -2.30. The number of amides is 1. The molecule has 0 heterocycles. The summed E-state index contributed by atoms with van der Waals surface area (Å²) < 4.78 is 0.